The molecule has 0 aliphatic rings. The average molecular weight is 193 g/mol. The fourth-order valence-electron chi connectivity index (χ4n) is 0.816. The normalized spacial score (nSPS) is 11.8. The van der Waals surface area contributed by atoms with Crippen molar-refractivity contribution in [1.29, 1.82) is 0 Å². The second kappa shape index (κ2) is 4.08. The third-order valence-corrected chi connectivity index (χ3v) is 1.43. The molecule has 0 aromatic carbocycles. The fourth-order valence-corrected chi connectivity index (χ4v) is 0.816. The van der Waals surface area contributed by atoms with E-state index in [0.29, 0.717) is 5.69 Å². The van der Waals surface area contributed by atoms with Crippen LogP contribution in [0.4, 0.5) is 0 Å². The van der Waals surface area contributed by atoms with Gasteiger partial charge in [-0.2, -0.15) is 0 Å². The molecule has 0 aliphatic carbocycles. The van der Waals surface area contributed by atoms with Crippen LogP contribution < -0.4 is 17.4 Å². The molecular weight excluding hydrogens is 184 g/mol. The Morgan fingerprint density at radius 1 is 1.75 bits per heavy atom. The fraction of sp³-hybridized carbons (Fsp3) is 0.333. The van der Waals surface area contributed by atoms with Crippen LogP contribution in [0, 0.1) is 6.92 Å². The summed E-state index contributed by atoms with van der Waals surface area (Å²) in [5, 5.41) is 17.4. The number of carbonyl (C=O) groups is 1. The van der Waals surface area contributed by atoms with Crippen molar-refractivity contribution < 1.29 is 32.4 Å². The summed E-state index contributed by atoms with van der Waals surface area (Å²) >= 11 is 0. The van der Waals surface area contributed by atoms with E-state index >= 15 is 0 Å². The lowest BCUT2D eigenvalue weighted by Crippen LogP contribution is -3.00. The Morgan fingerprint density at radius 3 is 2.67 bits per heavy atom. The molecule has 0 saturated heterocycles. The van der Waals surface area contributed by atoms with Gasteiger partial charge in [0.05, 0.1) is 0 Å². The first-order valence-electron chi connectivity index (χ1n) is 3.09. The van der Waals surface area contributed by atoms with Crippen molar-refractivity contribution in [2.75, 3.05) is 0 Å². The molecule has 0 saturated carbocycles. The number of carboxylic acids is 1. The molecule has 0 spiro atoms. The van der Waals surface area contributed by atoms with Crippen LogP contribution in [0.1, 0.15) is 17.5 Å². The first-order valence-corrected chi connectivity index (χ1v) is 3.09. The number of aromatic amines is 2. The van der Waals surface area contributed by atoms with Crippen LogP contribution >= 0.6 is 0 Å². The second-order valence-corrected chi connectivity index (χ2v) is 2.21. The Labute approximate surface area is 74.9 Å². The topological polar surface area (TPSA) is 87.5 Å². The largest absolute Gasteiger partial charge is 1.00 e. The Balaban J connectivity index is 0.00000121. The van der Waals surface area contributed by atoms with Crippen molar-refractivity contribution >= 4 is 5.97 Å². The molecule has 1 aromatic rings. The first kappa shape index (κ1) is 10.9. The first-order chi connectivity index (χ1) is 5.13. The van der Waals surface area contributed by atoms with E-state index in [9.17, 15) is 4.79 Å². The van der Waals surface area contributed by atoms with E-state index in [2.05, 4.69) is 9.97 Å². The summed E-state index contributed by atoms with van der Waals surface area (Å²) in [6.45, 7) is 1.68. The van der Waals surface area contributed by atoms with E-state index in [4.69, 9.17) is 10.2 Å². The van der Waals surface area contributed by atoms with E-state index in [-0.39, 0.29) is 18.1 Å². The monoisotopic (exact) mass is 192 g/mol. The molecule has 0 amide bonds. The quantitative estimate of drug-likeness (QED) is 0.450. The van der Waals surface area contributed by atoms with Gasteiger partial charge in [0.15, 0.2) is 5.69 Å². The van der Waals surface area contributed by atoms with E-state index < -0.39 is 12.1 Å². The van der Waals surface area contributed by atoms with Crippen molar-refractivity contribution in [2.45, 2.75) is 13.0 Å². The lowest BCUT2D eigenvalue weighted by Gasteiger charge is -1.97. The van der Waals surface area contributed by atoms with Crippen LogP contribution in [0.15, 0.2) is 6.33 Å². The molecular formula is C6H9ClN2O3. The standard InChI is InChI=1S/C6H8N2O3.ClH/c1-3-4(8-2-7-3)5(9)6(10)11;/h2,5,9H,1H3,(H,7,8)(H,10,11);1H. The minimum Gasteiger partial charge on any atom is -1.00 e. The average Bonchev–Trinajstić information content (AvgIpc) is 2.33. The number of aliphatic hydroxyl groups is 1. The molecule has 5 nitrogen and oxygen atoms in total. The molecule has 6 heteroatoms. The number of aliphatic carboxylic acids is 1. The molecule has 0 aliphatic heterocycles. The smallest absolute Gasteiger partial charge is 0.341 e. The van der Waals surface area contributed by atoms with Gasteiger partial charge in [-0.15, -0.1) is 0 Å². The predicted octanol–water partition coefficient (Wildman–Crippen LogP) is -3.74. The van der Waals surface area contributed by atoms with Crippen LogP contribution in [0.3, 0.4) is 0 Å². The molecule has 4 N–H and O–H groups in total. The van der Waals surface area contributed by atoms with E-state index in [1.165, 1.54) is 6.33 Å². The second-order valence-electron chi connectivity index (χ2n) is 2.21. The molecule has 0 fully saturated rings. The highest BCUT2D eigenvalue weighted by molar-refractivity contribution is 5.73. The predicted molar refractivity (Wildman–Crippen MR) is 34.7 cm³/mol. The lowest BCUT2D eigenvalue weighted by atomic mass is 10.2. The van der Waals surface area contributed by atoms with Crippen molar-refractivity contribution in [3.63, 3.8) is 0 Å². The Bertz CT molecular complexity index is 274. The van der Waals surface area contributed by atoms with Crippen LogP contribution in [0.25, 0.3) is 0 Å². The van der Waals surface area contributed by atoms with Gasteiger partial charge in [0.1, 0.15) is 5.69 Å². The molecule has 1 unspecified atom stereocenters. The van der Waals surface area contributed by atoms with Gasteiger partial charge in [0.25, 0.3) is 0 Å². The minimum absolute atomic E-state index is 0. The Hall–Kier alpha value is -1.07. The molecule has 1 aromatic heterocycles. The minimum atomic E-state index is -1.47. The SMILES string of the molecule is Cc1[nH]c[nH+]c1C(O)C(=O)O.[Cl-]. The van der Waals surface area contributed by atoms with Gasteiger partial charge in [-0.3, -0.25) is 0 Å². The summed E-state index contributed by atoms with van der Waals surface area (Å²) in [5.41, 5.74) is 0.914. The number of halogens is 1. The highest BCUT2D eigenvalue weighted by Gasteiger charge is 2.23. The highest BCUT2D eigenvalue weighted by Crippen LogP contribution is 2.09. The Kier molecular flexibility index (Phi) is 3.72. The molecule has 68 valence electrons. The van der Waals surface area contributed by atoms with Crippen LogP contribution in [0.5, 0.6) is 0 Å². The highest BCUT2D eigenvalue weighted by atomic mass is 35.5. The number of carboxylic acid groups (broad SMARTS) is 1. The molecule has 1 heterocycles. The number of H-pyrrole nitrogens is 2. The summed E-state index contributed by atoms with van der Waals surface area (Å²) < 4.78 is 0. The third kappa shape index (κ3) is 1.96. The summed E-state index contributed by atoms with van der Waals surface area (Å²) in [5.74, 6) is -1.26. The van der Waals surface area contributed by atoms with Crippen LogP contribution in [0.2, 0.25) is 0 Å². The van der Waals surface area contributed by atoms with E-state index in [1.54, 1.807) is 6.92 Å². The summed E-state index contributed by atoms with van der Waals surface area (Å²) in [7, 11) is 0. The van der Waals surface area contributed by atoms with Gasteiger partial charge < -0.3 is 22.6 Å². The van der Waals surface area contributed by atoms with Crippen molar-refractivity contribution in [1.82, 2.24) is 4.98 Å². The molecule has 1 atom stereocenters. The van der Waals surface area contributed by atoms with Crippen molar-refractivity contribution in [3.8, 4) is 0 Å². The van der Waals surface area contributed by atoms with E-state index in [1.807, 2.05) is 0 Å². The molecule has 0 radical (unpaired) electrons. The zero-order chi connectivity index (χ0) is 8.43. The number of aryl methyl sites for hydroxylation is 1. The van der Waals surface area contributed by atoms with Gasteiger partial charge in [-0.05, 0) is 0 Å². The van der Waals surface area contributed by atoms with Crippen molar-refractivity contribution in [3.05, 3.63) is 17.7 Å². The van der Waals surface area contributed by atoms with Crippen LogP contribution in [-0.2, 0) is 4.79 Å². The third-order valence-electron chi connectivity index (χ3n) is 1.43. The maximum absolute atomic E-state index is 10.3. The number of aromatic nitrogens is 2. The zero-order valence-electron chi connectivity index (χ0n) is 6.34. The van der Waals surface area contributed by atoms with Gasteiger partial charge in [0, 0.05) is 6.92 Å². The summed E-state index contributed by atoms with van der Waals surface area (Å²) in [4.78, 5) is 15.6. The lowest BCUT2D eigenvalue weighted by molar-refractivity contribution is -0.395. The number of rotatable bonds is 2. The zero-order valence-corrected chi connectivity index (χ0v) is 7.09. The maximum atomic E-state index is 10.3. The van der Waals surface area contributed by atoms with Crippen molar-refractivity contribution in [2.24, 2.45) is 0 Å². The maximum Gasteiger partial charge on any atom is 0.341 e. The van der Waals surface area contributed by atoms with Gasteiger partial charge >= 0.3 is 5.97 Å². The number of hydrogen-bond acceptors (Lipinski definition) is 2. The molecule has 0 bridgehead atoms. The Morgan fingerprint density at radius 2 is 2.33 bits per heavy atom. The van der Waals surface area contributed by atoms with Crippen LogP contribution in [-0.4, -0.2) is 21.2 Å². The van der Waals surface area contributed by atoms with Gasteiger partial charge in [-0.25, -0.2) is 14.8 Å². The molecule has 12 heavy (non-hydrogen) atoms. The number of imidazole rings is 1. The van der Waals surface area contributed by atoms with Gasteiger partial charge in [0.2, 0.25) is 12.4 Å². The number of hydrogen-bond donors (Lipinski definition) is 3. The number of aliphatic hydroxyl groups excluding tert-OH is 1. The number of nitrogens with one attached hydrogen (secondary N) is 2. The van der Waals surface area contributed by atoms with Gasteiger partial charge in [-0.1, -0.05) is 0 Å². The molecule has 1 rings (SSSR count). The van der Waals surface area contributed by atoms with E-state index in [0.717, 1.165) is 0 Å². The summed E-state index contributed by atoms with van der Waals surface area (Å²) in [6, 6.07) is 0. The summed E-state index contributed by atoms with van der Waals surface area (Å²) in [6.07, 6.45) is -0.00199.